The minimum absolute atomic E-state index is 0.0227. The molecule has 4 heterocycles. The standard InChI is InChI=1S/C32H30FN5O4/c1-40-32(39)23-7-8-27-28(17-23)38(19-25-11-14-41-25)30(35-27)16-21-9-12-37(13-10-21)29-3-2-4-31(36-29)42-20-24-6-5-22(18-34)15-26(24)33/h2-8,15-17,25H,9-14,19-20H2,1H3. The van der Waals surface area contributed by atoms with Crippen molar-refractivity contribution in [1.29, 1.82) is 5.26 Å². The summed E-state index contributed by atoms with van der Waals surface area (Å²) in [6, 6.07) is 17.3. The predicted octanol–water partition coefficient (Wildman–Crippen LogP) is 5.28. The third-order valence-electron chi connectivity index (χ3n) is 7.71. The van der Waals surface area contributed by atoms with E-state index < -0.39 is 5.82 Å². The number of pyridine rings is 1. The highest BCUT2D eigenvalue weighted by Crippen LogP contribution is 2.28. The number of nitrogens with zero attached hydrogens (tertiary/aromatic N) is 5. The number of hydrogen-bond donors (Lipinski definition) is 0. The Labute approximate surface area is 242 Å². The highest BCUT2D eigenvalue weighted by Gasteiger charge is 2.23. The Hall–Kier alpha value is -4.75. The van der Waals surface area contributed by atoms with E-state index in [0.29, 0.717) is 23.6 Å². The lowest BCUT2D eigenvalue weighted by atomic mass is 10.0. The molecular weight excluding hydrogens is 537 g/mol. The largest absolute Gasteiger partial charge is 0.473 e. The number of fused-ring (bicyclic) bond motifs is 1. The fraction of sp³-hybridized carbons (Fsp3) is 0.312. The summed E-state index contributed by atoms with van der Waals surface area (Å²) in [6.45, 7) is 3.03. The van der Waals surface area contributed by atoms with Gasteiger partial charge in [0.25, 0.3) is 0 Å². The molecule has 2 aromatic heterocycles. The molecule has 0 aliphatic carbocycles. The van der Waals surface area contributed by atoms with Crippen LogP contribution in [0.15, 0.2) is 60.2 Å². The number of hydrogen-bond acceptors (Lipinski definition) is 8. The summed E-state index contributed by atoms with van der Waals surface area (Å²) >= 11 is 0. The molecule has 0 saturated carbocycles. The number of halogens is 1. The first-order chi connectivity index (χ1) is 20.5. The summed E-state index contributed by atoms with van der Waals surface area (Å²) in [5.74, 6) is 1.22. The smallest absolute Gasteiger partial charge is 0.337 e. The molecule has 0 amide bonds. The minimum Gasteiger partial charge on any atom is -0.473 e. The maximum atomic E-state index is 14.2. The number of carbonyl (C=O) groups is 1. The Morgan fingerprint density at radius 3 is 2.71 bits per heavy atom. The van der Waals surface area contributed by atoms with Gasteiger partial charge in [-0.2, -0.15) is 10.2 Å². The van der Waals surface area contributed by atoms with Crippen molar-refractivity contribution >= 4 is 28.9 Å². The lowest BCUT2D eigenvalue weighted by molar-refractivity contribution is -0.0587. The number of aromatic nitrogens is 3. The maximum Gasteiger partial charge on any atom is 0.337 e. The Morgan fingerprint density at radius 2 is 2.00 bits per heavy atom. The van der Waals surface area contributed by atoms with Crippen LogP contribution < -0.4 is 9.64 Å². The van der Waals surface area contributed by atoms with Gasteiger partial charge in [0.2, 0.25) is 5.88 Å². The van der Waals surface area contributed by atoms with Gasteiger partial charge >= 0.3 is 5.97 Å². The lowest BCUT2D eigenvalue weighted by Crippen LogP contribution is -2.32. The number of esters is 1. The Kier molecular flexibility index (Phi) is 7.84. The zero-order chi connectivity index (χ0) is 29.1. The Morgan fingerprint density at radius 1 is 1.17 bits per heavy atom. The zero-order valence-electron chi connectivity index (χ0n) is 23.3. The molecule has 6 rings (SSSR count). The lowest BCUT2D eigenvalue weighted by Gasteiger charge is -2.30. The van der Waals surface area contributed by atoms with Gasteiger partial charge in [-0.1, -0.05) is 17.7 Å². The molecule has 2 saturated heterocycles. The van der Waals surface area contributed by atoms with Crippen LogP contribution in [0, 0.1) is 17.1 Å². The summed E-state index contributed by atoms with van der Waals surface area (Å²) in [6.07, 6.45) is 4.99. The molecule has 1 unspecified atom stereocenters. The van der Waals surface area contributed by atoms with Crippen LogP contribution in [0.1, 0.15) is 46.6 Å². The van der Waals surface area contributed by atoms with Crippen LogP contribution in [-0.2, 0) is 22.6 Å². The molecule has 1 atom stereocenters. The van der Waals surface area contributed by atoms with Gasteiger partial charge in [0.05, 0.1) is 48.0 Å². The second-order valence-electron chi connectivity index (χ2n) is 10.4. The van der Waals surface area contributed by atoms with Gasteiger partial charge in [0.1, 0.15) is 24.1 Å². The minimum atomic E-state index is -0.474. The average molecular weight is 568 g/mol. The summed E-state index contributed by atoms with van der Waals surface area (Å²) in [4.78, 5) is 23.9. The Bertz CT molecular complexity index is 1700. The third kappa shape index (κ3) is 5.83. The average Bonchev–Trinajstić information content (AvgIpc) is 3.34. The molecule has 42 heavy (non-hydrogen) atoms. The molecule has 0 radical (unpaired) electrons. The van der Waals surface area contributed by atoms with Gasteiger partial charge in [-0.25, -0.2) is 14.2 Å². The van der Waals surface area contributed by atoms with E-state index in [1.54, 1.807) is 24.3 Å². The van der Waals surface area contributed by atoms with E-state index in [2.05, 4.69) is 20.5 Å². The van der Waals surface area contributed by atoms with Crippen molar-refractivity contribution in [2.45, 2.75) is 38.5 Å². The first-order valence-corrected chi connectivity index (χ1v) is 13.9. The zero-order valence-corrected chi connectivity index (χ0v) is 23.3. The van der Waals surface area contributed by atoms with Crippen LogP contribution in [0.4, 0.5) is 10.2 Å². The summed E-state index contributed by atoms with van der Waals surface area (Å²) in [7, 11) is 1.38. The van der Waals surface area contributed by atoms with Gasteiger partial charge in [-0.05, 0) is 61.7 Å². The normalized spacial score (nSPS) is 16.5. The number of anilines is 1. The topological polar surface area (TPSA) is 102 Å². The van der Waals surface area contributed by atoms with Gasteiger partial charge in [0.15, 0.2) is 0 Å². The van der Waals surface area contributed by atoms with Gasteiger partial charge in [-0.15, -0.1) is 0 Å². The van der Waals surface area contributed by atoms with E-state index >= 15 is 0 Å². The van der Waals surface area contributed by atoms with E-state index in [4.69, 9.17) is 24.5 Å². The molecular formula is C32H30FN5O4. The highest BCUT2D eigenvalue weighted by atomic mass is 19.1. The summed E-state index contributed by atoms with van der Waals surface area (Å²) < 4.78 is 32.8. The van der Waals surface area contributed by atoms with Crippen LogP contribution in [0.5, 0.6) is 5.88 Å². The van der Waals surface area contributed by atoms with Crippen LogP contribution >= 0.6 is 0 Å². The SMILES string of the molecule is COC(=O)c1ccc2nc(C=C3CCN(c4cccc(OCc5ccc(C#N)cc5F)n4)CC3)n(CC3CCO3)c2c1. The second-order valence-corrected chi connectivity index (χ2v) is 10.4. The van der Waals surface area contributed by atoms with E-state index in [9.17, 15) is 9.18 Å². The molecule has 0 N–H and O–H groups in total. The van der Waals surface area contributed by atoms with Crippen molar-refractivity contribution in [3.63, 3.8) is 0 Å². The second kappa shape index (κ2) is 12.0. The summed E-state index contributed by atoms with van der Waals surface area (Å²) in [5.41, 5.74) is 4.13. The number of benzene rings is 2. The van der Waals surface area contributed by atoms with Crippen molar-refractivity contribution in [3.05, 3.63) is 88.5 Å². The third-order valence-corrected chi connectivity index (χ3v) is 7.71. The number of methoxy groups -OCH3 is 1. The Balaban J connectivity index is 1.15. The van der Waals surface area contributed by atoms with Crippen LogP contribution in [0.25, 0.3) is 17.1 Å². The number of nitriles is 1. The molecule has 2 aliphatic heterocycles. The first kappa shape index (κ1) is 27.4. The van der Waals surface area contributed by atoms with Crippen molar-refractivity contribution < 1.29 is 23.4 Å². The summed E-state index contributed by atoms with van der Waals surface area (Å²) in [5, 5.41) is 8.94. The number of imidazole rings is 1. The van der Waals surface area contributed by atoms with E-state index in [-0.39, 0.29) is 24.2 Å². The van der Waals surface area contributed by atoms with Crippen molar-refractivity contribution in [1.82, 2.24) is 14.5 Å². The number of piperidine rings is 1. The van der Waals surface area contributed by atoms with Gasteiger partial charge in [-0.3, -0.25) is 0 Å². The molecule has 0 bridgehead atoms. The highest BCUT2D eigenvalue weighted by molar-refractivity contribution is 5.94. The molecule has 10 heteroatoms. The van der Waals surface area contributed by atoms with Gasteiger partial charge in [0, 0.05) is 31.3 Å². The number of carbonyl (C=O) groups excluding carboxylic acids is 1. The molecule has 2 aromatic carbocycles. The monoisotopic (exact) mass is 567 g/mol. The van der Waals surface area contributed by atoms with E-state index in [1.807, 2.05) is 30.3 Å². The van der Waals surface area contributed by atoms with Crippen LogP contribution in [0.3, 0.4) is 0 Å². The van der Waals surface area contributed by atoms with Crippen molar-refractivity contribution in [3.8, 4) is 11.9 Å². The van der Waals surface area contributed by atoms with E-state index in [0.717, 1.165) is 61.6 Å². The van der Waals surface area contributed by atoms with Crippen molar-refractivity contribution in [2.75, 3.05) is 31.7 Å². The van der Waals surface area contributed by atoms with Crippen molar-refractivity contribution in [2.24, 2.45) is 0 Å². The van der Waals surface area contributed by atoms with E-state index in [1.165, 1.54) is 18.7 Å². The molecule has 2 aliphatic rings. The molecule has 2 fully saturated rings. The van der Waals surface area contributed by atoms with Crippen LogP contribution in [0.2, 0.25) is 0 Å². The molecule has 9 nitrogen and oxygen atoms in total. The predicted molar refractivity (Wildman–Crippen MR) is 155 cm³/mol. The molecule has 0 spiro atoms. The van der Waals surface area contributed by atoms with Crippen LogP contribution in [-0.4, -0.2) is 53.4 Å². The number of rotatable bonds is 8. The number of ether oxygens (including phenoxy) is 3. The maximum absolute atomic E-state index is 14.2. The first-order valence-electron chi connectivity index (χ1n) is 13.9. The molecule has 214 valence electrons. The van der Waals surface area contributed by atoms with Gasteiger partial charge < -0.3 is 23.7 Å². The molecule has 4 aromatic rings. The fourth-order valence-electron chi connectivity index (χ4n) is 5.22. The fourth-order valence-corrected chi connectivity index (χ4v) is 5.22. The quantitative estimate of drug-likeness (QED) is 0.265.